The molecule has 0 saturated carbocycles. The van der Waals surface area contributed by atoms with Gasteiger partial charge in [0, 0.05) is 43.4 Å². The standard InChI is InChI=1S/C27H27ClFN3O3/c28-22-8-6-20(7-9-22)12-13-31-14-16-32(17-15-31)26(33)24-11-10-23(18-25(24)29)30-27(34)35-19-21-4-2-1-3-5-21/h1-11,18H,12-17,19H2,(H,30,34). The van der Waals surface area contributed by atoms with Crippen molar-refractivity contribution >= 4 is 29.3 Å². The normalized spacial score (nSPS) is 13.9. The lowest BCUT2D eigenvalue weighted by Gasteiger charge is -2.34. The van der Waals surface area contributed by atoms with E-state index >= 15 is 0 Å². The molecule has 3 aromatic rings. The van der Waals surface area contributed by atoms with E-state index in [1.165, 1.54) is 17.7 Å². The number of rotatable bonds is 7. The maximum atomic E-state index is 14.7. The summed E-state index contributed by atoms with van der Waals surface area (Å²) >= 11 is 5.93. The topological polar surface area (TPSA) is 61.9 Å². The van der Waals surface area contributed by atoms with Crippen molar-refractivity contribution in [2.45, 2.75) is 13.0 Å². The van der Waals surface area contributed by atoms with Crippen molar-refractivity contribution < 1.29 is 18.7 Å². The average Bonchev–Trinajstić information content (AvgIpc) is 2.88. The van der Waals surface area contributed by atoms with Crippen LogP contribution in [-0.2, 0) is 17.8 Å². The Labute approximate surface area is 209 Å². The van der Waals surface area contributed by atoms with Crippen LogP contribution < -0.4 is 5.32 Å². The smallest absolute Gasteiger partial charge is 0.411 e. The summed E-state index contributed by atoms with van der Waals surface area (Å²) in [6.45, 7) is 3.52. The summed E-state index contributed by atoms with van der Waals surface area (Å²) in [6.07, 6.45) is 0.212. The van der Waals surface area contributed by atoms with Gasteiger partial charge in [-0.2, -0.15) is 0 Å². The van der Waals surface area contributed by atoms with Gasteiger partial charge in [-0.25, -0.2) is 9.18 Å². The first-order valence-electron chi connectivity index (χ1n) is 11.5. The number of nitrogens with zero attached hydrogens (tertiary/aromatic N) is 2. The number of anilines is 1. The second-order valence-corrected chi connectivity index (χ2v) is 8.83. The van der Waals surface area contributed by atoms with Crippen LogP contribution in [0.3, 0.4) is 0 Å². The van der Waals surface area contributed by atoms with Crippen molar-refractivity contribution in [2.75, 3.05) is 38.0 Å². The minimum absolute atomic E-state index is 0.0113. The summed E-state index contributed by atoms with van der Waals surface area (Å²) in [5.74, 6) is -1.03. The van der Waals surface area contributed by atoms with Gasteiger partial charge < -0.3 is 9.64 Å². The third kappa shape index (κ3) is 7.04. The average molecular weight is 496 g/mol. The lowest BCUT2D eigenvalue weighted by Crippen LogP contribution is -2.49. The highest BCUT2D eigenvalue weighted by atomic mass is 35.5. The van der Waals surface area contributed by atoms with E-state index in [4.69, 9.17) is 16.3 Å². The summed E-state index contributed by atoms with van der Waals surface area (Å²) in [5, 5.41) is 3.22. The Balaban J connectivity index is 1.24. The highest BCUT2D eigenvalue weighted by Crippen LogP contribution is 2.18. The van der Waals surface area contributed by atoms with Gasteiger partial charge >= 0.3 is 6.09 Å². The van der Waals surface area contributed by atoms with Gasteiger partial charge in [-0.3, -0.25) is 15.0 Å². The zero-order chi connectivity index (χ0) is 24.6. The van der Waals surface area contributed by atoms with E-state index in [-0.39, 0.29) is 23.8 Å². The van der Waals surface area contributed by atoms with E-state index in [1.807, 2.05) is 54.6 Å². The lowest BCUT2D eigenvalue weighted by molar-refractivity contribution is 0.0634. The van der Waals surface area contributed by atoms with Crippen molar-refractivity contribution in [3.8, 4) is 0 Å². The van der Waals surface area contributed by atoms with Gasteiger partial charge in [0.25, 0.3) is 5.91 Å². The molecule has 6 nitrogen and oxygen atoms in total. The van der Waals surface area contributed by atoms with Crippen LogP contribution in [0.2, 0.25) is 5.02 Å². The number of benzene rings is 3. The minimum Gasteiger partial charge on any atom is -0.444 e. The zero-order valence-corrected chi connectivity index (χ0v) is 20.0. The molecule has 0 atom stereocenters. The van der Waals surface area contributed by atoms with Gasteiger partial charge in [0.2, 0.25) is 0 Å². The number of hydrogen-bond donors (Lipinski definition) is 1. The molecule has 0 radical (unpaired) electrons. The molecule has 35 heavy (non-hydrogen) atoms. The van der Waals surface area contributed by atoms with Crippen LogP contribution >= 0.6 is 11.6 Å². The van der Waals surface area contributed by atoms with E-state index < -0.39 is 11.9 Å². The Hall–Kier alpha value is -3.42. The number of halogens is 2. The predicted molar refractivity (Wildman–Crippen MR) is 134 cm³/mol. The Morgan fingerprint density at radius 1 is 0.914 bits per heavy atom. The Morgan fingerprint density at radius 2 is 1.63 bits per heavy atom. The highest BCUT2D eigenvalue weighted by Gasteiger charge is 2.24. The molecule has 0 spiro atoms. The van der Waals surface area contributed by atoms with Gasteiger partial charge in [0.15, 0.2) is 0 Å². The number of carbonyl (C=O) groups is 2. The molecule has 1 heterocycles. The van der Waals surface area contributed by atoms with Crippen LogP contribution in [0.5, 0.6) is 0 Å². The van der Waals surface area contributed by atoms with E-state index in [9.17, 15) is 14.0 Å². The summed E-state index contributed by atoms with van der Waals surface area (Å²) in [5.41, 5.74) is 2.28. The molecule has 0 aromatic heterocycles. The first-order chi connectivity index (χ1) is 17.0. The predicted octanol–water partition coefficient (Wildman–Crippen LogP) is 5.23. The molecule has 1 fully saturated rings. The van der Waals surface area contributed by atoms with E-state index in [1.54, 1.807) is 4.90 Å². The molecule has 182 valence electrons. The van der Waals surface area contributed by atoms with Crippen molar-refractivity contribution in [1.29, 1.82) is 0 Å². The van der Waals surface area contributed by atoms with Gasteiger partial charge in [-0.1, -0.05) is 54.1 Å². The fourth-order valence-corrected chi connectivity index (χ4v) is 4.05. The molecule has 8 heteroatoms. The van der Waals surface area contributed by atoms with E-state index in [0.29, 0.717) is 13.1 Å². The molecular formula is C27H27ClFN3O3. The molecule has 1 N–H and O–H groups in total. The molecule has 0 aliphatic carbocycles. The number of hydrogen-bond acceptors (Lipinski definition) is 4. The largest absolute Gasteiger partial charge is 0.444 e. The fraction of sp³-hybridized carbons (Fsp3) is 0.259. The molecule has 4 rings (SSSR count). The van der Waals surface area contributed by atoms with Gasteiger partial charge in [-0.05, 0) is 47.9 Å². The number of piperazine rings is 1. The van der Waals surface area contributed by atoms with Crippen LogP contribution in [0, 0.1) is 5.82 Å². The maximum absolute atomic E-state index is 14.7. The molecule has 2 amide bonds. The van der Waals surface area contributed by atoms with Crippen LogP contribution in [0.25, 0.3) is 0 Å². The molecular weight excluding hydrogens is 469 g/mol. The molecule has 1 aliphatic heterocycles. The Bertz CT molecular complexity index is 1150. The zero-order valence-electron chi connectivity index (χ0n) is 19.3. The first kappa shape index (κ1) is 24.7. The van der Waals surface area contributed by atoms with Gasteiger partial charge in [-0.15, -0.1) is 0 Å². The van der Waals surface area contributed by atoms with Gasteiger partial charge in [0.1, 0.15) is 12.4 Å². The Morgan fingerprint density at radius 3 is 2.31 bits per heavy atom. The third-order valence-electron chi connectivity index (χ3n) is 5.95. The second-order valence-electron chi connectivity index (χ2n) is 8.39. The molecule has 0 bridgehead atoms. The number of nitrogens with one attached hydrogen (secondary N) is 1. The highest BCUT2D eigenvalue weighted by molar-refractivity contribution is 6.30. The molecule has 3 aromatic carbocycles. The van der Waals surface area contributed by atoms with Crippen LogP contribution in [0.1, 0.15) is 21.5 Å². The third-order valence-corrected chi connectivity index (χ3v) is 6.20. The summed E-state index contributed by atoms with van der Waals surface area (Å²) in [6, 6.07) is 21.1. The van der Waals surface area contributed by atoms with E-state index in [2.05, 4.69) is 10.2 Å². The SMILES string of the molecule is O=C(Nc1ccc(C(=O)N2CCN(CCc3ccc(Cl)cc3)CC2)c(F)c1)OCc1ccccc1. The van der Waals surface area contributed by atoms with Crippen molar-refractivity contribution in [3.63, 3.8) is 0 Å². The second kappa shape index (κ2) is 11.8. The summed E-state index contributed by atoms with van der Waals surface area (Å²) < 4.78 is 19.9. The van der Waals surface area contributed by atoms with Gasteiger partial charge in [0.05, 0.1) is 5.56 Å². The van der Waals surface area contributed by atoms with Crippen molar-refractivity contribution in [1.82, 2.24) is 9.80 Å². The minimum atomic E-state index is -0.693. The summed E-state index contributed by atoms with van der Waals surface area (Å²) in [7, 11) is 0. The number of ether oxygens (including phenoxy) is 1. The molecule has 1 saturated heterocycles. The monoisotopic (exact) mass is 495 g/mol. The van der Waals surface area contributed by atoms with E-state index in [0.717, 1.165) is 42.7 Å². The number of carbonyl (C=O) groups excluding carboxylic acids is 2. The fourth-order valence-electron chi connectivity index (χ4n) is 3.93. The molecule has 1 aliphatic rings. The first-order valence-corrected chi connectivity index (χ1v) is 11.9. The number of amides is 2. The van der Waals surface area contributed by atoms with Crippen molar-refractivity contribution in [3.05, 3.63) is 100 Å². The molecule has 0 unspecified atom stereocenters. The summed E-state index contributed by atoms with van der Waals surface area (Å²) in [4.78, 5) is 28.8. The Kier molecular flexibility index (Phi) is 8.34. The van der Waals surface area contributed by atoms with Crippen LogP contribution in [0.15, 0.2) is 72.8 Å². The van der Waals surface area contributed by atoms with Crippen molar-refractivity contribution in [2.24, 2.45) is 0 Å². The van der Waals surface area contributed by atoms with Crippen LogP contribution in [0.4, 0.5) is 14.9 Å². The lowest BCUT2D eigenvalue weighted by atomic mass is 10.1. The quantitative estimate of drug-likeness (QED) is 0.487. The van der Waals surface area contributed by atoms with Crippen LogP contribution in [-0.4, -0.2) is 54.5 Å². The maximum Gasteiger partial charge on any atom is 0.411 e.